The number of benzene rings is 1. The van der Waals surface area contributed by atoms with Crippen LogP contribution in [0.1, 0.15) is 41.7 Å². The number of hydrogen-bond acceptors (Lipinski definition) is 4. The number of rotatable bonds is 5. The summed E-state index contributed by atoms with van der Waals surface area (Å²) in [5.74, 6) is 0.644. The number of aromatic amines is 1. The van der Waals surface area contributed by atoms with Gasteiger partial charge in [-0.25, -0.2) is 0 Å². The fraction of sp³-hybridized carbons (Fsp3) is 0.350. The lowest BCUT2D eigenvalue weighted by Gasteiger charge is -2.32. The van der Waals surface area contributed by atoms with Gasteiger partial charge in [-0.2, -0.15) is 10.2 Å². The summed E-state index contributed by atoms with van der Waals surface area (Å²) in [5.41, 5.74) is 2.63. The van der Waals surface area contributed by atoms with Gasteiger partial charge in [0.05, 0.1) is 24.5 Å². The summed E-state index contributed by atoms with van der Waals surface area (Å²) in [6.07, 6.45) is 7.52. The Bertz CT molecular complexity index is 953. The molecule has 3 aromatic rings. The minimum Gasteiger partial charge on any atom is -0.496 e. The van der Waals surface area contributed by atoms with Crippen molar-refractivity contribution < 1.29 is 9.53 Å². The highest BCUT2D eigenvalue weighted by Crippen LogP contribution is 2.42. The Morgan fingerprint density at radius 3 is 2.78 bits per heavy atom. The summed E-state index contributed by atoms with van der Waals surface area (Å²) in [4.78, 5) is 13.0. The van der Waals surface area contributed by atoms with Gasteiger partial charge in [0.25, 0.3) is 5.91 Å². The van der Waals surface area contributed by atoms with Crippen molar-refractivity contribution in [3.8, 4) is 17.0 Å². The predicted molar refractivity (Wildman–Crippen MR) is 101 cm³/mol. The van der Waals surface area contributed by atoms with Gasteiger partial charge in [0.15, 0.2) is 0 Å². The van der Waals surface area contributed by atoms with Gasteiger partial charge in [0.2, 0.25) is 0 Å². The molecule has 1 aromatic carbocycles. The molecule has 0 spiro atoms. The second-order valence-electron chi connectivity index (χ2n) is 7.01. The Labute approximate surface area is 157 Å². The van der Waals surface area contributed by atoms with Crippen LogP contribution in [-0.2, 0) is 12.6 Å². The molecule has 1 aliphatic rings. The number of nitrogens with zero attached hydrogens (tertiary/aromatic N) is 3. The molecule has 7 heteroatoms. The highest BCUT2D eigenvalue weighted by atomic mass is 16.5. The van der Waals surface area contributed by atoms with Gasteiger partial charge in [0.1, 0.15) is 11.4 Å². The van der Waals surface area contributed by atoms with Crippen LogP contribution in [0.4, 0.5) is 0 Å². The molecule has 0 aliphatic heterocycles. The third-order valence-electron chi connectivity index (χ3n) is 5.26. The van der Waals surface area contributed by atoms with Crippen LogP contribution in [0.5, 0.6) is 5.75 Å². The number of ether oxygens (including phenoxy) is 1. The van der Waals surface area contributed by atoms with Crippen LogP contribution in [0.3, 0.4) is 0 Å². The molecule has 1 fully saturated rings. The summed E-state index contributed by atoms with van der Waals surface area (Å²) in [7, 11) is 3.51. The van der Waals surface area contributed by atoms with E-state index in [9.17, 15) is 4.79 Å². The number of carbonyl (C=O) groups is 1. The maximum atomic E-state index is 13.0. The smallest absolute Gasteiger partial charge is 0.270 e. The summed E-state index contributed by atoms with van der Waals surface area (Å²) >= 11 is 0. The summed E-state index contributed by atoms with van der Waals surface area (Å²) < 4.78 is 7.26. The Morgan fingerprint density at radius 1 is 1.30 bits per heavy atom. The van der Waals surface area contributed by atoms with Gasteiger partial charge in [-0.15, -0.1) is 0 Å². The number of aryl methyl sites for hydroxylation is 1. The second-order valence-corrected chi connectivity index (χ2v) is 7.01. The van der Waals surface area contributed by atoms with Crippen LogP contribution in [0.2, 0.25) is 0 Å². The molecule has 0 saturated heterocycles. The third kappa shape index (κ3) is 3.20. The van der Waals surface area contributed by atoms with Crippen molar-refractivity contribution in [2.45, 2.75) is 31.2 Å². The fourth-order valence-corrected chi connectivity index (χ4v) is 3.90. The molecule has 1 aliphatic carbocycles. The highest BCUT2D eigenvalue weighted by Gasteiger charge is 2.39. The van der Waals surface area contributed by atoms with E-state index in [1.165, 1.54) is 0 Å². The van der Waals surface area contributed by atoms with Crippen molar-refractivity contribution >= 4 is 5.91 Å². The number of H-pyrrole nitrogens is 1. The van der Waals surface area contributed by atoms with Crippen molar-refractivity contribution in [2.75, 3.05) is 7.11 Å². The largest absolute Gasteiger partial charge is 0.496 e. The Kier molecular flexibility index (Phi) is 4.43. The lowest BCUT2D eigenvalue weighted by molar-refractivity contribution is 0.0891. The fourth-order valence-electron chi connectivity index (χ4n) is 3.90. The van der Waals surface area contributed by atoms with Crippen molar-refractivity contribution in [3.05, 3.63) is 54.0 Å². The maximum absolute atomic E-state index is 13.0. The zero-order chi connectivity index (χ0) is 18.9. The molecular formula is C20H23N5O2. The van der Waals surface area contributed by atoms with E-state index in [0.29, 0.717) is 11.4 Å². The van der Waals surface area contributed by atoms with Gasteiger partial charge < -0.3 is 10.1 Å². The summed E-state index contributed by atoms with van der Waals surface area (Å²) in [6, 6.07) is 9.68. The first kappa shape index (κ1) is 17.3. The third-order valence-corrected chi connectivity index (χ3v) is 5.26. The predicted octanol–water partition coefficient (Wildman–Crippen LogP) is 3.02. The molecule has 140 valence electrons. The van der Waals surface area contributed by atoms with E-state index in [1.54, 1.807) is 24.1 Å². The normalized spacial score (nSPS) is 15.6. The minimum absolute atomic E-state index is 0.162. The number of nitrogens with one attached hydrogen (secondary N) is 2. The number of hydrogen-bond donors (Lipinski definition) is 2. The van der Waals surface area contributed by atoms with E-state index in [2.05, 4.69) is 20.6 Å². The molecule has 0 radical (unpaired) electrons. The van der Waals surface area contributed by atoms with Crippen molar-refractivity contribution in [2.24, 2.45) is 7.05 Å². The van der Waals surface area contributed by atoms with Gasteiger partial charge >= 0.3 is 0 Å². The minimum atomic E-state index is -0.413. The van der Waals surface area contributed by atoms with Crippen molar-refractivity contribution in [1.29, 1.82) is 0 Å². The maximum Gasteiger partial charge on any atom is 0.270 e. The molecule has 1 amide bonds. The van der Waals surface area contributed by atoms with Crippen LogP contribution >= 0.6 is 0 Å². The van der Waals surface area contributed by atoms with E-state index in [-0.39, 0.29) is 5.91 Å². The number of methoxy groups -OCH3 is 1. The van der Waals surface area contributed by atoms with Crippen LogP contribution in [0, 0.1) is 0 Å². The van der Waals surface area contributed by atoms with E-state index in [4.69, 9.17) is 4.74 Å². The SMILES string of the molecule is COc1ccccc1C1(NC(=O)c2cc(-c3cnn(C)c3)n[nH]2)CCCC1. The summed E-state index contributed by atoms with van der Waals surface area (Å²) in [6.45, 7) is 0. The molecule has 0 atom stereocenters. The molecule has 0 bridgehead atoms. The number of aromatic nitrogens is 4. The van der Waals surface area contributed by atoms with Crippen LogP contribution in [0.25, 0.3) is 11.3 Å². The standard InChI is InChI=1S/C20H23N5O2/c1-25-13-14(12-21-25)16-11-17(24-23-16)19(26)22-20(9-5-6-10-20)15-7-3-4-8-18(15)27-2/h3-4,7-8,11-13H,5-6,9-10H2,1-2H3,(H,22,26)(H,23,24). The molecule has 0 unspecified atom stereocenters. The Morgan fingerprint density at radius 2 is 2.07 bits per heavy atom. The lowest BCUT2D eigenvalue weighted by atomic mass is 9.87. The van der Waals surface area contributed by atoms with Crippen LogP contribution in [-0.4, -0.2) is 33.0 Å². The second kappa shape index (κ2) is 6.90. The monoisotopic (exact) mass is 365 g/mol. The quantitative estimate of drug-likeness (QED) is 0.728. The first-order valence-electron chi connectivity index (χ1n) is 9.12. The van der Waals surface area contributed by atoms with E-state index >= 15 is 0 Å². The average molecular weight is 365 g/mol. The van der Waals surface area contributed by atoms with E-state index < -0.39 is 5.54 Å². The highest BCUT2D eigenvalue weighted by molar-refractivity contribution is 5.94. The molecular weight excluding hydrogens is 342 g/mol. The van der Waals surface area contributed by atoms with Gasteiger partial charge in [-0.3, -0.25) is 14.6 Å². The first-order valence-corrected chi connectivity index (χ1v) is 9.12. The van der Waals surface area contributed by atoms with Gasteiger partial charge in [0, 0.05) is 24.4 Å². The van der Waals surface area contributed by atoms with E-state index in [1.807, 2.05) is 37.5 Å². The van der Waals surface area contributed by atoms with Gasteiger partial charge in [-0.1, -0.05) is 31.0 Å². The first-order chi connectivity index (χ1) is 13.1. The number of para-hydroxylation sites is 1. The zero-order valence-electron chi connectivity index (χ0n) is 15.5. The lowest BCUT2D eigenvalue weighted by Crippen LogP contribution is -2.44. The molecule has 2 N–H and O–H groups in total. The molecule has 1 saturated carbocycles. The molecule has 2 aromatic heterocycles. The number of carbonyl (C=O) groups excluding carboxylic acids is 1. The number of amides is 1. The Balaban J connectivity index is 1.61. The van der Waals surface area contributed by atoms with Crippen molar-refractivity contribution in [1.82, 2.24) is 25.3 Å². The summed E-state index contributed by atoms with van der Waals surface area (Å²) in [5, 5.41) is 14.5. The van der Waals surface area contributed by atoms with E-state index in [0.717, 1.165) is 42.6 Å². The average Bonchev–Trinajstić information content (AvgIpc) is 3.42. The molecule has 2 heterocycles. The van der Waals surface area contributed by atoms with Crippen LogP contribution < -0.4 is 10.1 Å². The van der Waals surface area contributed by atoms with Crippen molar-refractivity contribution in [3.63, 3.8) is 0 Å². The topological polar surface area (TPSA) is 84.8 Å². The zero-order valence-corrected chi connectivity index (χ0v) is 15.5. The molecule has 4 rings (SSSR count). The molecule has 7 nitrogen and oxygen atoms in total. The Hall–Kier alpha value is -3.09. The molecule has 27 heavy (non-hydrogen) atoms. The van der Waals surface area contributed by atoms with Gasteiger partial charge in [-0.05, 0) is 25.0 Å². The van der Waals surface area contributed by atoms with Crippen LogP contribution in [0.15, 0.2) is 42.7 Å².